The summed E-state index contributed by atoms with van der Waals surface area (Å²) < 4.78 is 2.01. The van der Waals surface area contributed by atoms with E-state index in [4.69, 9.17) is 16.6 Å². The Bertz CT molecular complexity index is 1490. The second-order valence-electron chi connectivity index (χ2n) is 8.26. The Labute approximate surface area is 201 Å². The first-order chi connectivity index (χ1) is 16.7. The molecule has 7 nitrogen and oxygen atoms in total. The molecule has 0 aliphatic carbocycles. The number of piperazine rings is 1. The maximum atomic E-state index is 12.9. The van der Waals surface area contributed by atoms with E-state index in [1.807, 2.05) is 88.2 Å². The minimum atomic E-state index is 0.0584. The van der Waals surface area contributed by atoms with E-state index < -0.39 is 0 Å². The number of halogens is 1. The molecule has 3 aromatic carbocycles. The minimum Gasteiger partial charge on any atom is -0.338 e. The van der Waals surface area contributed by atoms with Crippen LogP contribution in [-0.4, -0.2) is 56.6 Å². The Morgan fingerprint density at radius 1 is 0.794 bits per heavy atom. The van der Waals surface area contributed by atoms with Gasteiger partial charge in [-0.1, -0.05) is 41.9 Å². The predicted octanol–water partition coefficient (Wildman–Crippen LogP) is 4.56. The van der Waals surface area contributed by atoms with E-state index in [-0.39, 0.29) is 5.91 Å². The molecule has 1 fully saturated rings. The van der Waals surface area contributed by atoms with E-state index in [9.17, 15) is 4.79 Å². The van der Waals surface area contributed by atoms with Gasteiger partial charge in [0, 0.05) is 47.7 Å². The summed E-state index contributed by atoms with van der Waals surface area (Å²) >= 11 is 6.11. The van der Waals surface area contributed by atoms with Crippen LogP contribution in [0.15, 0.2) is 78.9 Å². The van der Waals surface area contributed by atoms with Crippen molar-refractivity contribution in [3.05, 3.63) is 89.4 Å². The van der Waals surface area contributed by atoms with E-state index in [2.05, 4.69) is 15.1 Å². The van der Waals surface area contributed by atoms with Gasteiger partial charge >= 0.3 is 0 Å². The lowest BCUT2D eigenvalue weighted by Gasteiger charge is -2.35. The number of carbonyl (C=O) groups excluding carboxylic acids is 1. The molecule has 0 saturated carbocycles. The number of para-hydroxylation sites is 1. The minimum absolute atomic E-state index is 0.0584. The van der Waals surface area contributed by atoms with Crippen molar-refractivity contribution in [2.45, 2.75) is 0 Å². The summed E-state index contributed by atoms with van der Waals surface area (Å²) in [6.07, 6.45) is 0. The first kappa shape index (κ1) is 20.6. The van der Waals surface area contributed by atoms with E-state index in [1.54, 1.807) is 0 Å². The molecular weight excluding hydrogens is 448 g/mol. The summed E-state index contributed by atoms with van der Waals surface area (Å²) in [7, 11) is 0. The highest BCUT2D eigenvalue weighted by Gasteiger charge is 2.26. The quantitative estimate of drug-likeness (QED) is 0.388. The summed E-state index contributed by atoms with van der Waals surface area (Å²) in [5.74, 6) is 1.54. The van der Waals surface area contributed by atoms with Gasteiger partial charge in [-0.2, -0.15) is 0 Å². The number of aromatic nitrogens is 4. The van der Waals surface area contributed by atoms with Crippen molar-refractivity contribution in [3.8, 4) is 11.4 Å². The number of amides is 1. The van der Waals surface area contributed by atoms with Gasteiger partial charge in [0.25, 0.3) is 5.91 Å². The zero-order valence-electron chi connectivity index (χ0n) is 18.3. The number of carbonyl (C=O) groups is 1. The summed E-state index contributed by atoms with van der Waals surface area (Å²) in [6.45, 7) is 2.55. The molecule has 1 aliphatic rings. The number of benzene rings is 3. The Morgan fingerprint density at radius 3 is 2.26 bits per heavy atom. The maximum absolute atomic E-state index is 12.9. The van der Waals surface area contributed by atoms with Crippen LogP contribution in [0.4, 0.5) is 5.95 Å². The molecule has 5 aromatic rings. The molecule has 8 heteroatoms. The average Bonchev–Trinajstić information content (AvgIpc) is 3.34. The number of anilines is 1. The first-order valence-corrected chi connectivity index (χ1v) is 11.6. The van der Waals surface area contributed by atoms with Crippen molar-refractivity contribution in [3.63, 3.8) is 0 Å². The van der Waals surface area contributed by atoms with E-state index in [0.717, 1.165) is 28.1 Å². The third-order valence-electron chi connectivity index (χ3n) is 6.20. The molecule has 34 heavy (non-hydrogen) atoms. The highest BCUT2D eigenvalue weighted by Crippen LogP contribution is 2.29. The van der Waals surface area contributed by atoms with Crippen molar-refractivity contribution in [2.75, 3.05) is 31.1 Å². The number of hydrogen-bond donors (Lipinski definition) is 0. The zero-order valence-corrected chi connectivity index (χ0v) is 19.1. The Kier molecular flexibility index (Phi) is 5.11. The lowest BCUT2D eigenvalue weighted by atomic mass is 10.2. The fourth-order valence-electron chi connectivity index (χ4n) is 4.44. The maximum Gasteiger partial charge on any atom is 0.253 e. The predicted molar refractivity (Wildman–Crippen MR) is 133 cm³/mol. The number of rotatable bonds is 3. The number of nitrogens with zero attached hydrogens (tertiary/aromatic N) is 6. The Balaban J connectivity index is 1.39. The zero-order chi connectivity index (χ0) is 23.1. The van der Waals surface area contributed by atoms with Crippen molar-refractivity contribution in [2.24, 2.45) is 0 Å². The SMILES string of the molecule is O=C(c1ccccc1)N1CCN(c2nc3ccccc3c3nnc(-c4ccc(Cl)cc4)n23)CC1. The summed E-state index contributed by atoms with van der Waals surface area (Å²) in [6, 6.07) is 25.0. The van der Waals surface area contributed by atoms with Crippen LogP contribution in [-0.2, 0) is 0 Å². The van der Waals surface area contributed by atoms with Crippen LogP contribution in [0.5, 0.6) is 0 Å². The van der Waals surface area contributed by atoms with Crippen LogP contribution in [0.3, 0.4) is 0 Å². The van der Waals surface area contributed by atoms with Gasteiger partial charge in [0.2, 0.25) is 5.95 Å². The molecule has 0 atom stereocenters. The van der Waals surface area contributed by atoms with Gasteiger partial charge in [0.1, 0.15) is 0 Å². The molecule has 1 amide bonds. The van der Waals surface area contributed by atoms with Crippen molar-refractivity contribution in [1.82, 2.24) is 24.5 Å². The van der Waals surface area contributed by atoms with Crippen LogP contribution < -0.4 is 4.90 Å². The molecule has 0 radical (unpaired) electrons. The Hall–Kier alpha value is -3.97. The third kappa shape index (κ3) is 3.54. The molecule has 0 unspecified atom stereocenters. The van der Waals surface area contributed by atoms with E-state index >= 15 is 0 Å². The van der Waals surface area contributed by atoms with Crippen LogP contribution >= 0.6 is 11.6 Å². The second-order valence-corrected chi connectivity index (χ2v) is 8.70. The molecule has 168 valence electrons. The molecule has 2 aromatic heterocycles. The van der Waals surface area contributed by atoms with Gasteiger partial charge < -0.3 is 9.80 Å². The highest BCUT2D eigenvalue weighted by atomic mass is 35.5. The van der Waals surface area contributed by atoms with E-state index in [0.29, 0.717) is 42.6 Å². The number of hydrogen-bond acceptors (Lipinski definition) is 5. The monoisotopic (exact) mass is 468 g/mol. The lowest BCUT2D eigenvalue weighted by molar-refractivity contribution is 0.0746. The molecule has 0 N–H and O–H groups in total. The fourth-order valence-corrected chi connectivity index (χ4v) is 4.56. The van der Waals surface area contributed by atoms with Crippen molar-refractivity contribution < 1.29 is 4.79 Å². The molecule has 0 spiro atoms. The topological polar surface area (TPSA) is 66.6 Å². The first-order valence-electron chi connectivity index (χ1n) is 11.2. The van der Waals surface area contributed by atoms with Crippen LogP contribution in [0.25, 0.3) is 27.9 Å². The molecule has 1 aliphatic heterocycles. The fraction of sp³-hybridized carbons (Fsp3) is 0.154. The number of fused-ring (bicyclic) bond motifs is 3. The molecule has 1 saturated heterocycles. The summed E-state index contributed by atoms with van der Waals surface area (Å²) in [5.41, 5.74) is 3.25. The standard InChI is InChI=1S/C26H21ClN6O/c27-20-12-10-18(11-13-20)23-29-30-24-21-8-4-5-9-22(21)28-26(33(23)24)32-16-14-31(15-17-32)25(34)19-6-2-1-3-7-19/h1-13H,14-17H2. The van der Waals surface area contributed by atoms with Crippen molar-refractivity contribution in [1.29, 1.82) is 0 Å². The van der Waals surface area contributed by atoms with Gasteiger partial charge in [-0.15, -0.1) is 10.2 Å². The molecule has 6 rings (SSSR count). The molecular formula is C26H21ClN6O. The van der Waals surface area contributed by atoms with E-state index in [1.165, 1.54) is 0 Å². The average molecular weight is 469 g/mol. The van der Waals surface area contributed by atoms with Gasteiger partial charge in [-0.3, -0.25) is 4.79 Å². The normalized spacial score (nSPS) is 14.1. The van der Waals surface area contributed by atoms with Crippen molar-refractivity contribution >= 4 is 40.0 Å². The summed E-state index contributed by atoms with van der Waals surface area (Å²) in [5, 5.41) is 10.7. The van der Waals surface area contributed by atoms with Gasteiger partial charge in [-0.05, 0) is 48.5 Å². The largest absolute Gasteiger partial charge is 0.338 e. The Morgan fingerprint density at radius 2 is 1.50 bits per heavy atom. The smallest absolute Gasteiger partial charge is 0.253 e. The van der Waals surface area contributed by atoms with Gasteiger partial charge in [-0.25, -0.2) is 9.38 Å². The van der Waals surface area contributed by atoms with Crippen LogP contribution in [0.1, 0.15) is 10.4 Å². The van der Waals surface area contributed by atoms with Crippen LogP contribution in [0.2, 0.25) is 5.02 Å². The highest BCUT2D eigenvalue weighted by molar-refractivity contribution is 6.30. The van der Waals surface area contributed by atoms with Gasteiger partial charge in [0.15, 0.2) is 11.5 Å². The third-order valence-corrected chi connectivity index (χ3v) is 6.45. The van der Waals surface area contributed by atoms with Crippen LogP contribution in [0, 0.1) is 0 Å². The molecule has 0 bridgehead atoms. The summed E-state index contributed by atoms with van der Waals surface area (Å²) in [4.78, 5) is 22.0. The molecule has 3 heterocycles. The van der Waals surface area contributed by atoms with Gasteiger partial charge in [0.05, 0.1) is 5.52 Å². The second kappa shape index (κ2) is 8.43. The lowest BCUT2D eigenvalue weighted by Crippen LogP contribution is -2.49.